The maximum absolute atomic E-state index is 12.5. The number of benzene rings is 1. The Morgan fingerprint density at radius 3 is 2.09 bits per heavy atom. The van der Waals surface area contributed by atoms with E-state index in [-0.39, 0.29) is 5.91 Å². The molecule has 1 saturated heterocycles. The maximum Gasteiger partial charge on any atom is 0.253 e. The number of ether oxygens (including phenoxy) is 2. The van der Waals surface area contributed by atoms with Gasteiger partial charge in [0, 0.05) is 51.4 Å². The summed E-state index contributed by atoms with van der Waals surface area (Å²) in [7, 11) is -0.111. The van der Waals surface area contributed by atoms with Gasteiger partial charge in [0.15, 0.2) is 5.79 Å². The minimum atomic E-state index is -3.32. The molecule has 0 bridgehead atoms. The number of amides is 1. The van der Waals surface area contributed by atoms with E-state index in [1.54, 1.807) is 43.4 Å². The monoisotopic (exact) mass is 342 g/mol. The van der Waals surface area contributed by atoms with Gasteiger partial charge in [-0.15, -0.1) is 0 Å². The van der Waals surface area contributed by atoms with Crippen molar-refractivity contribution in [3.05, 3.63) is 29.8 Å². The first-order valence-electron chi connectivity index (χ1n) is 7.26. The molecule has 1 heterocycles. The van der Waals surface area contributed by atoms with Crippen molar-refractivity contribution in [2.24, 2.45) is 0 Å². The molecule has 1 fully saturated rings. The Hall–Kier alpha value is -1.64. The quantitative estimate of drug-likeness (QED) is 0.815. The Morgan fingerprint density at radius 1 is 1.13 bits per heavy atom. The smallest absolute Gasteiger partial charge is 0.253 e. The third-order valence-corrected chi connectivity index (χ3v) is 4.60. The topological polar surface area (TPSA) is 84.9 Å². The van der Waals surface area contributed by atoms with Crippen molar-refractivity contribution < 1.29 is 22.7 Å². The summed E-state index contributed by atoms with van der Waals surface area (Å²) in [6.45, 7) is 1.09. The van der Waals surface area contributed by atoms with Gasteiger partial charge >= 0.3 is 0 Å². The second-order valence-electron chi connectivity index (χ2n) is 5.56. The standard InChI is InChI=1S/C15H22N2O5S/c1-21-15(22-2)8-10-17(11-9-15)14(18)12-4-6-13(7-5-12)16-23(3,19)20/h4-7,16H,8-11H2,1-3H3. The van der Waals surface area contributed by atoms with Crippen LogP contribution in [0.5, 0.6) is 0 Å². The Balaban J connectivity index is 2.02. The molecule has 0 spiro atoms. The highest BCUT2D eigenvalue weighted by molar-refractivity contribution is 7.92. The van der Waals surface area contributed by atoms with Crippen LogP contribution >= 0.6 is 0 Å². The van der Waals surface area contributed by atoms with Crippen LogP contribution < -0.4 is 4.72 Å². The van der Waals surface area contributed by atoms with Gasteiger partial charge < -0.3 is 14.4 Å². The molecule has 0 aliphatic carbocycles. The van der Waals surface area contributed by atoms with E-state index in [0.717, 1.165) is 6.26 Å². The van der Waals surface area contributed by atoms with Gasteiger partial charge in [-0.05, 0) is 24.3 Å². The Morgan fingerprint density at radius 2 is 1.65 bits per heavy atom. The van der Waals surface area contributed by atoms with Gasteiger partial charge in [0.05, 0.1) is 6.26 Å². The predicted octanol–water partition coefficient (Wildman–Crippen LogP) is 1.28. The first kappa shape index (κ1) is 17.7. The molecule has 1 aromatic rings. The largest absolute Gasteiger partial charge is 0.353 e. The lowest BCUT2D eigenvalue weighted by Gasteiger charge is -2.39. The SMILES string of the molecule is COC1(OC)CCN(C(=O)c2ccc(NS(C)(=O)=O)cc2)CC1. The highest BCUT2D eigenvalue weighted by Gasteiger charge is 2.36. The van der Waals surface area contributed by atoms with Gasteiger partial charge in [-0.1, -0.05) is 0 Å². The zero-order chi connectivity index (χ0) is 17.1. The highest BCUT2D eigenvalue weighted by atomic mass is 32.2. The Kier molecular flexibility index (Phi) is 5.28. The second-order valence-corrected chi connectivity index (χ2v) is 7.31. The van der Waals surface area contributed by atoms with Crippen LogP contribution in [0, 0.1) is 0 Å². The molecule has 128 valence electrons. The molecule has 1 aliphatic rings. The normalized spacial score (nSPS) is 17.8. The Bertz CT molecular complexity index is 643. The molecule has 0 aromatic heterocycles. The van der Waals surface area contributed by atoms with E-state index in [2.05, 4.69) is 4.72 Å². The number of carbonyl (C=O) groups excluding carboxylic acids is 1. The van der Waals surface area contributed by atoms with Crippen molar-refractivity contribution in [2.75, 3.05) is 38.3 Å². The minimum Gasteiger partial charge on any atom is -0.353 e. The first-order chi connectivity index (χ1) is 10.8. The van der Waals surface area contributed by atoms with Crippen molar-refractivity contribution >= 4 is 21.6 Å². The number of anilines is 1. The van der Waals surface area contributed by atoms with E-state index >= 15 is 0 Å². The van der Waals surface area contributed by atoms with Crippen LogP contribution in [-0.4, -0.2) is 58.6 Å². The summed E-state index contributed by atoms with van der Waals surface area (Å²) in [6, 6.07) is 6.38. The molecule has 0 atom stereocenters. The maximum atomic E-state index is 12.5. The summed E-state index contributed by atoms with van der Waals surface area (Å²) in [5, 5.41) is 0. The van der Waals surface area contributed by atoms with E-state index in [9.17, 15) is 13.2 Å². The van der Waals surface area contributed by atoms with Crippen molar-refractivity contribution in [2.45, 2.75) is 18.6 Å². The fourth-order valence-electron chi connectivity index (χ4n) is 2.62. The summed E-state index contributed by atoms with van der Waals surface area (Å²) < 4.78 is 35.5. The van der Waals surface area contributed by atoms with Crippen molar-refractivity contribution in [3.8, 4) is 0 Å². The molecule has 0 unspecified atom stereocenters. The number of nitrogens with zero attached hydrogens (tertiary/aromatic N) is 1. The van der Waals surface area contributed by atoms with E-state index in [0.29, 0.717) is 37.2 Å². The summed E-state index contributed by atoms with van der Waals surface area (Å²) >= 11 is 0. The van der Waals surface area contributed by atoms with E-state index < -0.39 is 15.8 Å². The minimum absolute atomic E-state index is 0.0864. The van der Waals surface area contributed by atoms with Gasteiger partial charge in [0.2, 0.25) is 10.0 Å². The third kappa shape index (κ3) is 4.43. The van der Waals surface area contributed by atoms with Gasteiger partial charge in [-0.3, -0.25) is 9.52 Å². The molecule has 1 aromatic carbocycles. The zero-order valence-electron chi connectivity index (χ0n) is 13.5. The number of methoxy groups -OCH3 is 2. The average Bonchev–Trinajstić information content (AvgIpc) is 2.53. The van der Waals surface area contributed by atoms with E-state index in [4.69, 9.17) is 9.47 Å². The fraction of sp³-hybridized carbons (Fsp3) is 0.533. The fourth-order valence-corrected chi connectivity index (χ4v) is 3.18. The number of piperidine rings is 1. The molecule has 8 heteroatoms. The lowest BCUT2D eigenvalue weighted by atomic mass is 10.0. The zero-order valence-corrected chi connectivity index (χ0v) is 14.4. The summed E-state index contributed by atoms with van der Waals surface area (Å²) in [6.07, 6.45) is 2.30. The molecule has 23 heavy (non-hydrogen) atoms. The average molecular weight is 342 g/mol. The number of carbonyl (C=O) groups is 1. The van der Waals surface area contributed by atoms with Crippen molar-refractivity contribution in [1.29, 1.82) is 0 Å². The third-order valence-electron chi connectivity index (χ3n) is 3.99. The van der Waals surface area contributed by atoms with Crippen LogP contribution in [0.4, 0.5) is 5.69 Å². The van der Waals surface area contributed by atoms with Crippen LogP contribution in [0.3, 0.4) is 0 Å². The van der Waals surface area contributed by atoms with Crippen molar-refractivity contribution in [1.82, 2.24) is 4.90 Å². The van der Waals surface area contributed by atoms with Crippen LogP contribution in [0.15, 0.2) is 24.3 Å². The first-order valence-corrected chi connectivity index (χ1v) is 9.15. The molecule has 0 saturated carbocycles. The van der Waals surface area contributed by atoms with Crippen LogP contribution in [0.1, 0.15) is 23.2 Å². The number of likely N-dealkylation sites (tertiary alicyclic amines) is 1. The number of rotatable bonds is 5. The predicted molar refractivity (Wildman–Crippen MR) is 86.8 cm³/mol. The molecule has 7 nitrogen and oxygen atoms in total. The van der Waals surface area contributed by atoms with Crippen LogP contribution in [0.2, 0.25) is 0 Å². The summed E-state index contributed by atoms with van der Waals surface area (Å²) in [5.41, 5.74) is 0.951. The molecule has 0 radical (unpaired) electrons. The molecule has 2 rings (SSSR count). The van der Waals surface area contributed by atoms with Gasteiger partial charge in [-0.2, -0.15) is 0 Å². The molecule has 1 amide bonds. The molecule has 1 aliphatic heterocycles. The highest BCUT2D eigenvalue weighted by Crippen LogP contribution is 2.27. The number of nitrogens with one attached hydrogen (secondary N) is 1. The number of sulfonamides is 1. The van der Waals surface area contributed by atoms with E-state index in [1.807, 2.05) is 0 Å². The molecule has 1 N–H and O–H groups in total. The van der Waals surface area contributed by atoms with Crippen LogP contribution in [0.25, 0.3) is 0 Å². The summed E-state index contributed by atoms with van der Waals surface area (Å²) in [4.78, 5) is 14.2. The lowest BCUT2D eigenvalue weighted by molar-refractivity contribution is -0.226. The molecular weight excluding hydrogens is 320 g/mol. The molecular formula is C15H22N2O5S. The van der Waals surface area contributed by atoms with Crippen molar-refractivity contribution in [3.63, 3.8) is 0 Å². The number of hydrogen-bond donors (Lipinski definition) is 1. The Labute approximate surface area is 136 Å². The van der Waals surface area contributed by atoms with Gasteiger partial charge in [0.25, 0.3) is 5.91 Å². The van der Waals surface area contributed by atoms with Crippen LogP contribution in [-0.2, 0) is 19.5 Å². The lowest BCUT2D eigenvalue weighted by Crippen LogP contribution is -2.48. The van der Waals surface area contributed by atoms with E-state index in [1.165, 1.54) is 0 Å². The van der Waals surface area contributed by atoms with Gasteiger partial charge in [-0.25, -0.2) is 8.42 Å². The number of hydrogen-bond acceptors (Lipinski definition) is 5. The summed E-state index contributed by atoms with van der Waals surface area (Å²) in [5.74, 6) is -0.697. The second kappa shape index (κ2) is 6.86. The van der Waals surface area contributed by atoms with Gasteiger partial charge in [0.1, 0.15) is 0 Å².